The fourth-order valence-electron chi connectivity index (χ4n) is 2.95. The first-order chi connectivity index (χ1) is 11.1. The maximum absolute atomic E-state index is 11.7. The Kier molecular flexibility index (Phi) is 8.15. The molecule has 3 heterocycles. The van der Waals surface area contributed by atoms with Gasteiger partial charge in [0.15, 0.2) is 0 Å². The Morgan fingerprint density at radius 3 is 2.64 bits per heavy atom. The second-order valence-electron chi connectivity index (χ2n) is 5.91. The summed E-state index contributed by atoms with van der Waals surface area (Å²) in [6, 6.07) is 3.88. The molecule has 0 amide bonds. The quantitative estimate of drug-likeness (QED) is 0.724. The van der Waals surface area contributed by atoms with Crippen LogP contribution in [0.2, 0.25) is 0 Å². The summed E-state index contributed by atoms with van der Waals surface area (Å²) in [5.41, 5.74) is 6.99. The first-order valence-corrected chi connectivity index (χ1v) is 7.81. The molecule has 7 nitrogen and oxygen atoms in total. The molecular weight excluding hydrogens is 365 g/mol. The van der Waals surface area contributed by atoms with Gasteiger partial charge >= 0.3 is 5.97 Å². The Hall–Kier alpha value is -1.83. The number of nitrogens with zero attached hydrogens (tertiary/aromatic N) is 3. The molecule has 9 heteroatoms. The molecule has 0 aliphatic carbocycles. The lowest BCUT2D eigenvalue weighted by molar-refractivity contribution is -0.138. The molecule has 1 unspecified atom stereocenters. The molecule has 3 rings (SSSR count). The number of anilines is 1. The largest absolute Gasteiger partial charge is 0.481 e. The van der Waals surface area contributed by atoms with Crippen LogP contribution >= 0.6 is 24.8 Å². The highest BCUT2D eigenvalue weighted by atomic mass is 35.5. The Morgan fingerprint density at radius 2 is 2.04 bits per heavy atom. The molecule has 0 bridgehead atoms. The summed E-state index contributed by atoms with van der Waals surface area (Å²) in [5.74, 6) is -1.13. The van der Waals surface area contributed by atoms with Gasteiger partial charge in [-0.15, -0.1) is 24.8 Å². The number of pyridine rings is 1. The number of halogens is 2. The number of nitrogens with one attached hydrogen (secondary N) is 1. The number of carboxylic acids is 1. The average molecular weight is 388 g/mol. The normalized spacial score (nSPS) is 15.7. The zero-order chi connectivity index (χ0) is 16.2. The number of carbonyl (C=O) groups is 1. The number of carboxylic acid groups (broad SMARTS) is 1. The van der Waals surface area contributed by atoms with Crippen LogP contribution in [0.4, 0.5) is 5.82 Å². The van der Waals surface area contributed by atoms with E-state index in [1.165, 1.54) is 0 Å². The number of hydrogen-bond acceptors (Lipinski definition) is 5. The first-order valence-electron chi connectivity index (χ1n) is 7.81. The van der Waals surface area contributed by atoms with Crippen molar-refractivity contribution in [3.05, 3.63) is 42.1 Å². The van der Waals surface area contributed by atoms with Crippen LogP contribution in [0.1, 0.15) is 36.1 Å². The van der Waals surface area contributed by atoms with E-state index in [9.17, 15) is 9.90 Å². The van der Waals surface area contributed by atoms with Gasteiger partial charge in [0.05, 0.1) is 12.0 Å². The van der Waals surface area contributed by atoms with Gasteiger partial charge in [0, 0.05) is 18.4 Å². The van der Waals surface area contributed by atoms with Crippen molar-refractivity contribution in [3.8, 4) is 0 Å². The third kappa shape index (κ3) is 5.32. The zero-order valence-corrected chi connectivity index (χ0v) is 15.3. The van der Waals surface area contributed by atoms with E-state index in [2.05, 4.69) is 15.3 Å². The molecule has 0 aromatic carbocycles. The third-order valence-electron chi connectivity index (χ3n) is 4.29. The molecule has 138 valence electrons. The van der Waals surface area contributed by atoms with Crippen molar-refractivity contribution in [2.45, 2.75) is 31.2 Å². The Bertz CT molecular complexity index is 671. The van der Waals surface area contributed by atoms with Crippen molar-refractivity contribution in [1.82, 2.24) is 19.9 Å². The number of imidazole rings is 1. The molecule has 1 aliphatic heterocycles. The van der Waals surface area contributed by atoms with Crippen LogP contribution in [0.5, 0.6) is 0 Å². The smallest absolute Gasteiger partial charge is 0.312 e. The summed E-state index contributed by atoms with van der Waals surface area (Å²) >= 11 is 0. The van der Waals surface area contributed by atoms with E-state index < -0.39 is 11.9 Å². The van der Waals surface area contributed by atoms with E-state index in [0.717, 1.165) is 31.5 Å². The number of aliphatic carboxylic acids is 1. The summed E-state index contributed by atoms with van der Waals surface area (Å²) in [7, 11) is 0. The van der Waals surface area contributed by atoms with E-state index >= 15 is 0 Å². The Labute approximate surface area is 158 Å². The first kappa shape index (κ1) is 21.2. The molecule has 2 aromatic rings. The van der Waals surface area contributed by atoms with E-state index in [1.54, 1.807) is 18.6 Å². The SMILES string of the molecule is Cl.Cl.Nc1ccc(CC(C(=O)O)c2cn(C3CCNCC3)cn2)cn1. The lowest BCUT2D eigenvalue weighted by Crippen LogP contribution is -2.29. The fourth-order valence-corrected chi connectivity index (χ4v) is 2.95. The van der Waals surface area contributed by atoms with Gasteiger partial charge < -0.3 is 20.7 Å². The minimum atomic E-state index is -0.877. The fraction of sp³-hybridized carbons (Fsp3) is 0.438. The highest BCUT2D eigenvalue weighted by molar-refractivity contribution is 5.85. The van der Waals surface area contributed by atoms with E-state index in [4.69, 9.17) is 5.73 Å². The number of hydrogen-bond donors (Lipinski definition) is 3. The van der Waals surface area contributed by atoms with Crippen LogP contribution in [0.25, 0.3) is 0 Å². The van der Waals surface area contributed by atoms with Gasteiger partial charge in [-0.2, -0.15) is 0 Å². The summed E-state index contributed by atoms with van der Waals surface area (Å²) in [6.07, 6.45) is 7.67. The summed E-state index contributed by atoms with van der Waals surface area (Å²) < 4.78 is 2.05. The van der Waals surface area contributed by atoms with Gasteiger partial charge in [0.2, 0.25) is 0 Å². The predicted molar refractivity (Wildman–Crippen MR) is 101 cm³/mol. The minimum absolute atomic E-state index is 0. The van der Waals surface area contributed by atoms with Crippen LogP contribution in [-0.2, 0) is 11.2 Å². The predicted octanol–water partition coefficient (Wildman–Crippen LogP) is 2.04. The van der Waals surface area contributed by atoms with Crippen molar-refractivity contribution in [2.75, 3.05) is 18.8 Å². The molecule has 1 aliphatic rings. The Balaban J connectivity index is 0.00000156. The molecule has 0 saturated carbocycles. The molecule has 25 heavy (non-hydrogen) atoms. The minimum Gasteiger partial charge on any atom is -0.481 e. The lowest BCUT2D eigenvalue weighted by atomic mass is 9.97. The summed E-state index contributed by atoms with van der Waals surface area (Å²) in [5, 5.41) is 12.9. The second kappa shape index (κ2) is 9.60. The van der Waals surface area contributed by atoms with E-state index in [1.807, 2.05) is 16.8 Å². The van der Waals surface area contributed by atoms with E-state index in [-0.39, 0.29) is 24.8 Å². The van der Waals surface area contributed by atoms with Gasteiger partial charge in [-0.25, -0.2) is 9.97 Å². The third-order valence-corrected chi connectivity index (χ3v) is 4.29. The number of piperidine rings is 1. The highest BCUT2D eigenvalue weighted by Crippen LogP contribution is 2.24. The number of nitrogens with two attached hydrogens (primary N) is 1. The van der Waals surface area contributed by atoms with Crippen molar-refractivity contribution < 1.29 is 9.90 Å². The molecule has 4 N–H and O–H groups in total. The van der Waals surface area contributed by atoms with Gasteiger partial charge in [0.1, 0.15) is 11.7 Å². The standard InChI is InChI=1S/C16H21N5O2.2ClH/c17-15-2-1-11(8-19-15)7-13(16(22)23)14-9-21(10-20-14)12-3-5-18-6-4-12;;/h1-2,8-10,12-13,18H,3-7H2,(H2,17,19)(H,22,23);2*1H. The molecule has 1 fully saturated rings. The van der Waals surface area contributed by atoms with Crippen LogP contribution in [-0.4, -0.2) is 38.7 Å². The lowest BCUT2D eigenvalue weighted by Gasteiger charge is -2.23. The zero-order valence-electron chi connectivity index (χ0n) is 13.7. The number of aromatic nitrogens is 3. The van der Waals surface area contributed by atoms with E-state index in [0.29, 0.717) is 24.0 Å². The van der Waals surface area contributed by atoms with Crippen LogP contribution in [0, 0.1) is 0 Å². The highest BCUT2D eigenvalue weighted by Gasteiger charge is 2.24. The van der Waals surface area contributed by atoms with Crippen LogP contribution in [0.15, 0.2) is 30.9 Å². The summed E-state index contributed by atoms with van der Waals surface area (Å²) in [6.45, 7) is 1.97. The maximum atomic E-state index is 11.7. The van der Waals surface area contributed by atoms with Gasteiger partial charge in [-0.3, -0.25) is 4.79 Å². The monoisotopic (exact) mass is 387 g/mol. The van der Waals surface area contributed by atoms with Gasteiger partial charge in [0.25, 0.3) is 0 Å². The second-order valence-corrected chi connectivity index (χ2v) is 5.91. The molecule has 0 spiro atoms. The molecule has 2 aromatic heterocycles. The van der Waals surface area contributed by atoms with Crippen LogP contribution in [0.3, 0.4) is 0 Å². The topological polar surface area (TPSA) is 106 Å². The molecular formula is C16H23Cl2N5O2. The molecule has 1 atom stereocenters. The van der Waals surface area contributed by atoms with Crippen molar-refractivity contribution in [2.24, 2.45) is 0 Å². The maximum Gasteiger partial charge on any atom is 0.312 e. The van der Waals surface area contributed by atoms with Gasteiger partial charge in [-0.1, -0.05) is 6.07 Å². The van der Waals surface area contributed by atoms with Crippen molar-refractivity contribution in [1.29, 1.82) is 0 Å². The van der Waals surface area contributed by atoms with Crippen LogP contribution < -0.4 is 11.1 Å². The molecule has 1 saturated heterocycles. The average Bonchev–Trinajstić information content (AvgIpc) is 3.04. The van der Waals surface area contributed by atoms with Gasteiger partial charge in [-0.05, 0) is 44.0 Å². The van der Waals surface area contributed by atoms with Crippen molar-refractivity contribution >= 4 is 36.6 Å². The summed E-state index contributed by atoms with van der Waals surface area (Å²) in [4.78, 5) is 20.0. The number of nitrogen functional groups attached to an aromatic ring is 1. The Morgan fingerprint density at radius 1 is 1.32 bits per heavy atom. The van der Waals surface area contributed by atoms with Crippen molar-refractivity contribution in [3.63, 3.8) is 0 Å². The molecule has 0 radical (unpaired) electrons. The number of rotatable bonds is 5.